The van der Waals surface area contributed by atoms with Gasteiger partial charge in [0.15, 0.2) is 17.3 Å². The van der Waals surface area contributed by atoms with E-state index in [1.807, 2.05) is 6.20 Å². The summed E-state index contributed by atoms with van der Waals surface area (Å²) in [6.07, 6.45) is 3.62. The molecule has 3 heterocycles. The SMILES string of the molecule is CCNCc1cccc(-c2cncc3nc(-c4nonc4N)n(CC)c23)c1. The molecule has 0 aliphatic rings. The van der Waals surface area contributed by atoms with Crippen LogP contribution < -0.4 is 11.1 Å². The molecule has 0 bridgehead atoms. The van der Waals surface area contributed by atoms with Gasteiger partial charge in [-0.2, -0.15) is 0 Å². The molecule has 0 aliphatic heterocycles. The highest BCUT2D eigenvalue weighted by Gasteiger charge is 2.20. The van der Waals surface area contributed by atoms with Gasteiger partial charge in [-0.15, -0.1) is 0 Å². The number of imidazole rings is 1. The van der Waals surface area contributed by atoms with E-state index < -0.39 is 0 Å². The number of anilines is 1. The summed E-state index contributed by atoms with van der Waals surface area (Å²) < 4.78 is 6.83. The standard InChI is InChI=1S/C19H21N7O/c1-3-21-9-12-6-5-7-13(8-12)14-10-22-11-15-17(14)26(4-2)19(23-15)16-18(20)25-27-24-16/h5-8,10-11,21H,3-4,9H2,1-2H3,(H2,20,25). The van der Waals surface area contributed by atoms with Crippen molar-refractivity contribution < 1.29 is 4.63 Å². The molecule has 0 spiro atoms. The average molecular weight is 363 g/mol. The topological polar surface area (TPSA) is 108 Å². The second kappa shape index (κ2) is 7.16. The van der Waals surface area contributed by atoms with Gasteiger partial charge in [0.25, 0.3) is 0 Å². The Kier molecular flexibility index (Phi) is 4.55. The summed E-state index contributed by atoms with van der Waals surface area (Å²) >= 11 is 0. The third-order valence-electron chi connectivity index (χ3n) is 4.51. The van der Waals surface area contributed by atoms with Gasteiger partial charge in [-0.25, -0.2) is 9.61 Å². The zero-order valence-electron chi connectivity index (χ0n) is 15.3. The molecular weight excluding hydrogens is 342 g/mol. The van der Waals surface area contributed by atoms with E-state index in [-0.39, 0.29) is 5.82 Å². The Hall–Kier alpha value is -3.26. The van der Waals surface area contributed by atoms with Crippen molar-refractivity contribution in [2.75, 3.05) is 12.3 Å². The van der Waals surface area contributed by atoms with Crippen molar-refractivity contribution in [1.82, 2.24) is 30.2 Å². The lowest BCUT2D eigenvalue weighted by molar-refractivity contribution is 0.310. The highest BCUT2D eigenvalue weighted by molar-refractivity contribution is 5.94. The van der Waals surface area contributed by atoms with E-state index in [2.05, 4.69) is 63.3 Å². The van der Waals surface area contributed by atoms with Crippen LogP contribution in [0.25, 0.3) is 33.7 Å². The van der Waals surface area contributed by atoms with Gasteiger partial charge >= 0.3 is 0 Å². The van der Waals surface area contributed by atoms with E-state index in [9.17, 15) is 0 Å². The van der Waals surface area contributed by atoms with Gasteiger partial charge in [-0.1, -0.05) is 25.1 Å². The number of nitrogens with one attached hydrogen (secondary N) is 1. The molecule has 138 valence electrons. The molecule has 0 saturated heterocycles. The smallest absolute Gasteiger partial charge is 0.199 e. The molecule has 0 unspecified atom stereocenters. The molecule has 1 aromatic carbocycles. The van der Waals surface area contributed by atoms with Gasteiger partial charge in [-0.05, 0) is 41.0 Å². The summed E-state index contributed by atoms with van der Waals surface area (Å²) in [5.41, 5.74) is 11.4. The fraction of sp³-hybridized carbons (Fsp3) is 0.263. The fourth-order valence-corrected chi connectivity index (χ4v) is 3.26. The van der Waals surface area contributed by atoms with Crippen LogP contribution in [0.1, 0.15) is 19.4 Å². The van der Waals surface area contributed by atoms with Crippen LogP contribution in [0.4, 0.5) is 5.82 Å². The van der Waals surface area contributed by atoms with E-state index >= 15 is 0 Å². The summed E-state index contributed by atoms with van der Waals surface area (Å²) in [5.74, 6) is 0.853. The number of nitrogen functional groups attached to an aromatic ring is 1. The van der Waals surface area contributed by atoms with E-state index in [1.165, 1.54) is 5.56 Å². The summed E-state index contributed by atoms with van der Waals surface area (Å²) in [4.78, 5) is 9.08. The first-order valence-electron chi connectivity index (χ1n) is 8.95. The predicted molar refractivity (Wildman–Crippen MR) is 104 cm³/mol. The lowest BCUT2D eigenvalue weighted by Crippen LogP contribution is -2.11. The quantitative estimate of drug-likeness (QED) is 0.542. The Morgan fingerprint density at radius 3 is 2.81 bits per heavy atom. The van der Waals surface area contributed by atoms with Gasteiger partial charge in [0, 0.05) is 24.8 Å². The van der Waals surface area contributed by atoms with Crippen molar-refractivity contribution in [3.63, 3.8) is 0 Å². The Morgan fingerprint density at radius 1 is 1.19 bits per heavy atom. The Bertz CT molecular complexity index is 1080. The molecule has 0 amide bonds. The van der Waals surface area contributed by atoms with Gasteiger partial charge in [0.05, 0.1) is 11.7 Å². The third kappa shape index (κ3) is 3.04. The lowest BCUT2D eigenvalue weighted by atomic mass is 10.0. The molecule has 0 fully saturated rings. The minimum Gasteiger partial charge on any atom is -0.379 e. The van der Waals surface area contributed by atoms with E-state index in [0.29, 0.717) is 18.1 Å². The van der Waals surface area contributed by atoms with E-state index in [4.69, 9.17) is 15.3 Å². The minimum absolute atomic E-state index is 0.224. The maximum absolute atomic E-state index is 5.89. The van der Waals surface area contributed by atoms with Crippen molar-refractivity contribution in [3.8, 4) is 22.6 Å². The average Bonchev–Trinajstić information content (AvgIpc) is 3.28. The third-order valence-corrected chi connectivity index (χ3v) is 4.51. The molecule has 0 radical (unpaired) electrons. The molecule has 27 heavy (non-hydrogen) atoms. The second-order valence-corrected chi connectivity index (χ2v) is 6.21. The number of aromatic nitrogens is 5. The van der Waals surface area contributed by atoms with Crippen LogP contribution in [0.3, 0.4) is 0 Å². The Labute approximate surface area is 156 Å². The maximum Gasteiger partial charge on any atom is 0.199 e. The zero-order valence-corrected chi connectivity index (χ0v) is 15.3. The summed E-state index contributed by atoms with van der Waals surface area (Å²) in [6.45, 7) is 6.61. The fourth-order valence-electron chi connectivity index (χ4n) is 3.26. The largest absolute Gasteiger partial charge is 0.379 e. The minimum atomic E-state index is 0.224. The molecule has 0 saturated carbocycles. The monoisotopic (exact) mass is 363 g/mol. The van der Waals surface area contributed by atoms with Crippen LogP contribution in [0.2, 0.25) is 0 Å². The van der Waals surface area contributed by atoms with Gasteiger partial charge < -0.3 is 15.6 Å². The van der Waals surface area contributed by atoms with Crippen LogP contribution in [-0.4, -0.2) is 31.4 Å². The molecule has 0 aliphatic carbocycles. The van der Waals surface area contributed by atoms with Crippen LogP contribution in [0.15, 0.2) is 41.3 Å². The first kappa shape index (κ1) is 17.2. The molecular formula is C19H21N7O. The molecule has 3 aromatic heterocycles. The van der Waals surface area contributed by atoms with Gasteiger partial charge in [0.2, 0.25) is 0 Å². The molecule has 4 aromatic rings. The number of pyridine rings is 1. The molecule has 8 nitrogen and oxygen atoms in total. The van der Waals surface area contributed by atoms with E-state index in [0.717, 1.165) is 35.2 Å². The molecule has 8 heteroatoms. The van der Waals surface area contributed by atoms with Crippen molar-refractivity contribution >= 4 is 16.9 Å². The van der Waals surface area contributed by atoms with Crippen LogP contribution in [0.5, 0.6) is 0 Å². The normalized spacial score (nSPS) is 11.3. The number of hydrogen-bond donors (Lipinski definition) is 2. The first-order chi connectivity index (χ1) is 13.2. The van der Waals surface area contributed by atoms with Crippen LogP contribution in [-0.2, 0) is 13.1 Å². The summed E-state index contributed by atoms with van der Waals surface area (Å²) in [7, 11) is 0. The van der Waals surface area contributed by atoms with Gasteiger partial charge in [0.1, 0.15) is 5.52 Å². The molecule has 3 N–H and O–H groups in total. The highest BCUT2D eigenvalue weighted by Crippen LogP contribution is 2.33. The zero-order chi connectivity index (χ0) is 18.8. The number of nitrogens with two attached hydrogens (primary N) is 1. The first-order valence-corrected chi connectivity index (χ1v) is 8.95. The van der Waals surface area contributed by atoms with Crippen LogP contribution >= 0.6 is 0 Å². The number of hydrogen-bond acceptors (Lipinski definition) is 7. The van der Waals surface area contributed by atoms with E-state index in [1.54, 1.807) is 6.20 Å². The number of fused-ring (bicyclic) bond motifs is 1. The number of benzene rings is 1. The number of rotatable bonds is 6. The lowest BCUT2D eigenvalue weighted by Gasteiger charge is -2.10. The molecule has 0 atom stereocenters. The maximum atomic E-state index is 5.89. The second-order valence-electron chi connectivity index (χ2n) is 6.21. The summed E-state index contributed by atoms with van der Waals surface area (Å²) in [5, 5.41) is 11.0. The van der Waals surface area contributed by atoms with Crippen molar-refractivity contribution in [2.24, 2.45) is 0 Å². The Morgan fingerprint density at radius 2 is 2.07 bits per heavy atom. The number of aryl methyl sites for hydroxylation is 1. The molecule has 4 rings (SSSR count). The number of nitrogens with zero attached hydrogens (tertiary/aromatic N) is 5. The van der Waals surface area contributed by atoms with Crippen LogP contribution in [0, 0.1) is 0 Å². The van der Waals surface area contributed by atoms with Crippen molar-refractivity contribution in [1.29, 1.82) is 0 Å². The van der Waals surface area contributed by atoms with Gasteiger partial charge in [-0.3, -0.25) is 4.98 Å². The Balaban J connectivity index is 1.90. The van der Waals surface area contributed by atoms with Crippen molar-refractivity contribution in [2.45, 2.75) is 26.9 Å². The highest BCUT2D eigenvalue weighted by atomic mass is 16.6. The predicted octanol–water partition coefficient (Wildman–Crippen LogP) is 2.86. The summed E-state index contributed by atoms with van der Waals surface area (Å²) in [6, 6.07) is 8.44. The van der Waals surface area contributed by atoms with Crippen molar-refractivity contribution in [3.05, 3.63) is 42.2 Å².